The quantitative estimate of drug-likeness (QED) is 0.464. The van der Waals surface area contributed by atoms with Crippen LogP contribution in [0.2, 0.25) is 0 Å². The molecule has 4 saturated carbocycles. The maximum Gasteiger partial charge on any atom is 0.270 e. The molecule has 8 rings (SSSR count). The van der Waals surface area contributed by atoms with E-state index in [1.165, 1.54) is 42.7 Å². The topological polar surface area (TPSA) is 127 Å². The maximum atomic E-state index is 13.3. The maximum absolute atomic E-state index is 13.3. The van der Waals surface area contributed by atoms with Crippen LogP contribution in [0.15, 0.2) is 36.5 Å². The molecule has 5 aliphatic rings. The van der Waals surface area contributed by atoms with Gasteiger partial charge < -0.3 is 20.7 Å². The van der Waals surface area contributed by atoms with Crippen LogP contribution in [-0.4, -0.2) is 45.5 Å². The predicted octanol–water partition coefficient (Wildman–Crippen LogP) is 2.79. The Kier molecular flexibility index (Phi) is 5.56. The highest BCUT2D eigenvalue weighted by Gasteiger charge is 2.48. The average Bonchev–Trinajstić information content (AvgIpc) is 3.39. The number of fused-ring (bicyclic) bond motifs is 2. The molecule has 10 nitrogen and oxygen atoms in total. The summed E-state index contributed by atoms with van der Waals surface area (Å²) < 4.78 is 6.87. The van der Waals surface area contributed by atoms with Crippen molar-refractivity contribution in [2.24, 2.45) is 29.6 Å². The molecule has 0 radical (unpaired) electrons. The lowest BCUT2D eigenvalue weighted by Gasteiger charge is -2.54. The molecule has 38 heavy (non-hydrogen) atoms. The SMILES string of the molecule is O=C1COc2ccc(CNC(=O)c3cc(C(=O)NCC4C5CC6CC(C5)CC4C6)n4nccc4n3)cc2N1. The molecule has 3 amide bonds. The summed E-state index contributed by atoms with van der Waals surface area (Å²) in [6, 6.07) is 8.54. The Hall–Kier alpha value is -3.95. The Labute approximate surface area is 219 Å². The first-order valence-electron chi connectivity index (χ1n) is 13.5. The zero-order valence-electron chi connectivity index (χ0n) is 21.0. The van der Waals surface area contributed by atoms with E-state index in [1.807, 2.05) is 6.07 Å². The van der Waals surface area contributed by atoms with Crippen LogP contribution in [0, 0.1) is 29.6 Å². The Bertz CT molecular complexity index is 1420. The third-order valence-corrected chi connectivity index (χ3v) is 8.87. The van der Waals surface area contributed by atoms with Gasteiger partial charge >= 0.3 is 0 Å². The van der Waals surface area contributed by atoms with Gasteiger partial charge in [0.15, 0.2) is 12.3 Å². The molecule has 0 atom stereocenters. The van der Waals surface area contributed by atoms with Crippen molar-refractivity contribution >= 4 is 29.1 Å². The van der Waals surface area contributed by atoms with Crippen LogP contribution in [0.5, 0.6) is 5.75 Å². The predicted molar refractivity (Wildman–Crippen MR) is 138 cm³/mol. The molecule has 2 aromatic heterocycles. The van der Waals surface area contributed by atoms with Gasteiger partial charge in [-0.1, -0.05) is 6.07 Å². The minimum Gasteiger partial charge on any atom is -0.482 e. The van der Waals surface area contributed by atoms with E-state index in [2.05, 4.69) is 26.0 Å². The third-order valence-electron chi connectivity index (χ3n) is 8.87. The minimum atomic E-state index is -0.401. The molecule has 3 heterocycles. The number of nitrogens with one attached hydrogen (secondary N) is 3. The summed E-state index contributed by atoms with van der Waals surface area (Å²) in [5.41, 5.74) is 2.24. The van der Waals surface area contributed by atoms with E-state index in [9.17, 15) is 14.4 Å². The van der Waals surface area contributed by atoms with E-state index >= 15 is 0 Å². The second-order valence-corrected chi connectivity index (χ2v) is 11.3. The molecule has 4 fully saturated rings. The summed E-state index contributed by atoms with van der Waals surface area (Å²) in [6.45, 7) is 0.880. The molecule has 0 spiro atoms. The highest BCUT2D eigenvalue weighted by atomic mass is 16.5. The number of aromatic nitrogens is 3. The van der Waals surface area contributed by atoms with Crippen molar-refractivity contribution in [2.75, 3.05) is 18.5 Å². The molecule has 3 aromatic rings. The van der Waals surface area contributed by atoms with Gasteiger partial charge in [-0.05, 0) is 79.4 Å². The molecule has 196 valence electrons. The number of amides is 3. The van der Waals surface area contributed by atoms with E-state index < -0.39 is 5.91 Å². The normalized spacial score (nSPS) is 26.9. The van der Waals surface area contributed by atoms with Crippen molar-refractivity contribution in [1.82, 2.24) is 25.2 Å². The van der Waals surface area contributed by atoms with Crippen LogP contribution < -0.4 is 20.7 Å². The van der Waals surface area contributed by atoms with Gasteiger partial charge in [0, 0.05) is 25.2 Å². The summed E-state index contributed by atoms with van der Waals surface area (Å²) in [5.74, 6) is 3.50. The number of hydrogen-bond donors (Lipinski definition) is 3. The Morgan fingerprint density at radius 2 is 1.79 bits per heavy atom. The van der Waals surface area contributed by atoms with Crippen LogP contribution in [0.3, 0.4) is 0 Å². The summed E-state index contributed by atoms with van der Waals surface area (Å²) in [5, 5.41) is 13.0. The smallest absolute Gasteiger partial charge is 0.270 e. The highest BCUT2D eigenvalue weighted by molar-refractivity contribution is 5.98. The third kappa shape index (κ3) is 4.17. The lowest BCUT2D eigenvalue weighted by molar-refractivity contribution is -0.118. The van der Waals surface area contributed by atoms with E-state index in [0.717, 1.165) is 29.2 Å². The molecule has 1 aliphatic heterocycles. The zero-order chi connectivity index (χ0) is 25.8. The number of carbonyl (C=O) groups excluding carboxylic acids is 3. The lowest BCUT2D eigenvalue weighted by atomic mass is 9.52. The fourth-order valence-corrected chi connectivity index (χ4v) is 7.38. The number of benzene rings is 1. The fraction of sp³-hybridized carbons (Fsp3) is 0.464. The van der Waals surface area contributed by atoms with Crippen molar-refractivity contribution in [3.8, 4) is 5.75 Å². The summed E-state index contributed by atoms with van der Waals surface area (Å²) >= 11 is 0. The van der Waals surface area contributed by atoms with Crippen LogP contribution in [0.25, 0.3) is 5.65 Å². The number of carbonyl (C=O) groups is 3. The molecule has 3 N–H and O–H groups in total. The molecule has 1 aromatic carbocycles. The van der Waals surface area contributed by atoms with Crippen molar-refractivity contribution < 1.29 is 19.1 Å². The summed E-state index contributed by atoms with van der Waals surface area (Å²) in [7, 11) is 0. The van der Waals surface area contributed by atoms with Gasteiger partial charge in [0.2, 0.25) is 0 Å². The number of anilines is 1. The number of ether oxygens (including phenoxy) is 1. The summed E-state index contributed by atoms with van der Waals surface area (Å²) in [6.07, 6.45) is 8.20. The Balaban J connectivity index is 1.05. The van der Waals surface area contributed by atoms with Gasteiger partial charge in [-0.3, -0.25) is 14.4 Å². The average molecular weight is 515 g/mol. The number of hydrogen-bond acceptors (Lipinski definition) is 6. The van der Waals surface area contributed by atoms with Crippen molar-refractivity contribution in [3.63, 3.8) is 0 Å². The number of rotatable bonds is 6. The van der Waals surface area contributed by atoms with Gasteiger partial charge in [0.05, 0.1) is 11.9 Å². The zero-order valence-corrected chi connectivity index (χ0v) is 21.0. The highest BCUT2D eigenvalue weighted by Crippen LogP contribution is 2.56. The minimum absolute atomic E-state index is 0.00944. The molecular weight excluding hydrogens is 484 g/mol. The standard InChI is InChI=1S/C28H30N6O4/c35-26-14-38-24-2-1-15(10-21(24)33-26)12-29-27(36)22-11-23(34-25(32-22)3-4-31-34)28(37)30-13-20-18-6-16-5-17(8-18)9-19(20)7-16/h1-4,10-11,16-20H,5-9,12-14H2,(H,29,36)(H,30,37)(H,33,35). The fourth-order valence-electron chi connectivity index (χ4n) is 7.38. The van der Waals surface area contributed by atoms with Crippen LogP contribution in [0.1, 0.15) is 58.6 Å². The molecular formula is C28H30N6O4. The van der Waals surface area contributed by atoms with Gasteiger partial charge in [-0.25, -0.2) is 9.50 Å². The number of nitrogens with zero attached hydrogens (tertiary/aromatic N) is 3. The largest absolute Gasteiger partial charge is 0.482 e. The molecule has 0 unspecified atom stereocenters. The molecule has 4 aliphatic carbocycles. The van der Waals surface area contributed by atoms with E-state index in [1.54, 1.807) is 24.4 Å². The first kappa shape index (κ1) is 23.2. The lowest BCUT2D eigenvalue weighted by Crippen LogP contribution is -2.49. The van der Waals surface area contributed by atoms with Crippen LogP contribution in [0.4, 0.5) is 5.69 Å². The summed E-state index contributed by atoms with van der Waals surface area (Å²) in [4.78, 5) is 42.4. The van der Waals surface area contributed by atoms with Crippen molar-refractivity contribution in [2.45, 2.75) is 38.6 Å². The first-order valence-corrected chi connectivity index (χ1v) is 13.5. The van der Waals surface area contributed by atoms with Crippen molar-refractivity contribution in [3.05, 3.63) is 53.5 Å². The van der Waals surface area contributed by atoms with Crippen LogP contribution >= 0.6 is 0 Å². The van der Waals surface area contributed by atoms with Crippen LogP contribution in [-0.2, 0) is 11.3 Å². The second-order valence-electron chi connectivity index (χ2n) is 11.3. The Morgan fingerprint density at radius 1 is 1.00 bits per heavy atom. The first-order chi connectivity index (χ1) is 18.5. The van der Waals surface area contributed by atoms with E-state index in [-0.39, 0.29) is 30.7 Å². The molecule has 4 bridgehead atoms. The monoisotopic (exact) mass is 514 g/mol. The van der Waals surface area contributed by atoms with E-state index in [4.69, 9.17) is 4.74 Å². The van der Waals surface area contributed by atoms with Gasteiger partial charge in [-0.15, -0.1) is 0 Å². The van der Waals surface area contributed by atoms with Gasteiger partial charge in [0.25, 0.3) is 17.7 Å². The molecule has 0 saturated heterocycles. The Morgan fingerprint density at radius 3 is 2.58 bits per heavy atom. The van der Waals surface area contributed by atoms with Gasteiger partial charge in [0.1, 0.15) is 17.1 Å². The van der Waals surface area contributed by atoms with Gasteiger partial charge in [-0.2, -0.15) is 5.10 Å². The van der Waals surface area contributed by atoms with Crippen molar-refractivity contribution in [1.29, 1.82) is 0 Å². The second kappa shape index (κ2) is 9.11. The molecule has 10 heteroatoms. The van der Waals surface area contributed by atoms with E-state index in [0.29, 0.717) is 35.2 Å².